The van der Waals surface area contributed by atoms with E-state index in [0.29, 0.717) is 20.7 Å². The third kappa shape index (κ3) is 3.49. The van der Waals surface area contributed by atoms with Crippen LogP contribution in [0.2, 0.25) is 5.02 Å². The summed E-state index contributed by atoms with van der Waals surface area (Å²) in [5.74, 6) is -0.807. The van der Waals surface area contributed by atoms with Crippen LogP contribution in [0.4, 0.5) is 10.1 Å². The van der Waals surface area contributed by atoms with Gasteiger partial charge in [-0.25, -0.2) is 4.39 Å². The van der Waals surface area contributed by atoms with E-state index in [1.807, 2.05) is 0 Å². The van der Waals surface area contributed by atoms with Gasteiger partial charge in [-0.2, -0.15) is 0 Å². The number of hydrogen-bond acceptors (Lipinski definition) is 2. The molecule has 2 aromatic carbocycles. The average molecular weight is 361 g/mol. The van der Waals surface area contributed by atoms with Crippen molar-refractivity contribution in [2.75, 3.05) is 5.32 Å². The zero-order valence-electron chi connectivity index (χ0n) is 9.45. The molecule has 2 aromatic rings. The fourth-order valence-electron chi connectivity index (χ4n) is 1.43. The molecule has 19 heavy (non-hydrogen) atoms. The van der Waals surface area contributed by atoms with Crippen molar-refractivity contribution >= 4 is 51.8 Å². The van der Waals surface area contributed by atoms with Gasteiger partial charge in [-0.1, -0.05) is 11.6 Å². The lowest BCUT2D eigenvalue weighted by Gasteiger charge is -2.07. The van der Waals surface area contributed by atoms with Gasteiger partial charge < -0.3 is 5.32 Å². The number of thiol groups is 1. The number of carbonyl (C=O) groups excluding carboxylic acids is 1. The van der Waals surface area contributed by atoms with Gasteiger partial charge >= 0.3 is 0 Å². The first kappa shape index (κ1) is 14.4. The third-order valence-electron chi connectivity index (χ3n) is 2.39. The van der Waals surface area contributed by atoms with Crippen LogP contribution >= 0.6 is 40.2 Å². The van der Waals surface area contributed by atoms with Crippen LogP contribution in [-0.4, -0.2) is 5.91 Å². The Balaban J connectivity index is 2.20. The number of anilines is 1. The molecule has 2 rings (SSSR count). The molecule has 0 saturated carbocycles. The molecular weight excluding hydrogens is 353 g/mol. The Morgan fingerprint density at radius 3 is 2.63 bits per heavy atom. The van der Waals surface area contributed by atoms with Gasteiger partial charge in [0.15, 0.2) is 0 Å². The molecule has 0 unspecified atom stereocenters. The van der Waals surface area contributed by atoms with Gasteiger partial charge in [-0.15, -0.1) is 12.6 Å². The van der Waals surface area contributed by atoms with Gasteiger partial charge in [0.1, 0.15) is 5.82 Å². The second kappa shape index (κ2) is 5.94. The minimum Gasteiger partial charge on any atom is -0.322 e. The van der Waals surface area contributed by atoms with Crippen molar-refractivity contribution in [1.29, 1.82) is 0 Å². The van der Waals surface area contributed by atoms with Crippen LogP contribution in [0.1, 0.15) is 10.4 Å². The summed E-state index contributed by atoms with van der Waals surface area (Å²) in [7, 11) is 0. The molecule has 0 saturated heterocycles. The summed E-state index contributed by atoms with van der Waals surface area (Å²) < 4.78 is 13.7. The van der Waals surface area contributed by atoms with E-state index in [4.69, 9.17) is 11.6 Å². The average Bonchev–Trinajstić information content (AvgIpc) is 2.37. The van der Waals surface area contributed by atoms with Crippen molar-refractivity contribution in [2.24, 2.45) is 0 Å². The predicted octanol–water partition coefficient (Wildman–Crippen LogP) is 4.78. The Morgan fingerprint density at radius 1 is 1.26 bits per heavy atom. The van der Waals surface area contributed by atoms with Crippen LogP contribution < -0.4 is 5.32 Å². The van der Waals surface area contributed by atoms with E-state index in [9.17, 15) is 9.18 Å². The summed E-state index contributed by atoms with van der Waals surface area (Å²) in [5, 5.41) is 3.24. The number of rotatable bonds is 2. The van der Waals surface area contributed by atoms with Crippen LogP contribution in [0, 0.1) is 5.82 Å². The normalized spacial score (nSPS) is 10.3. The smallest absolute Gasteiger partial charge is 0.255 e. The predicted molar refractivity (Wildman–Crippen MR) is 80.8 cm³/mol. The zero-order chi connectivity index (χ0) is 14.0. The minimum atomic E-state index is -0.464. The van der Waals surface area contributed by atoms with Crippen molar-refractivity contribution in [2.45, 2.75) is 4.90 Å². The summed E-state index contributed by atoms with van der Waals surface area (Å²) >= 11 is 13.1. The van der Waals surface area contributed by atoms with Gasteiger partial charge in [-0.05, 0) is 52.3 Å². The van der Waals surface area contributed by atoms with Crippen LogP contribution in [-0.2, 0) is 0 Å². The molecular formula is C13H8BrClFNOS. The Morgan fingerprint density at radius 2 is 2.00 bits per heavy atom. The Hall–Kier alpha value is -1.04. The fourth-order valence-corrected chi connectivity index (χ4v) is 2.14. The monoisotopic (exact) mass is 359 g/mol. The topological polar surface area (TPSA) is 29.1 Å². The van der Waals surface area contributed by atoms with Gasteiger partial charge in [0, 0.05) is 20.6 Å². The summed E-state index contributed by atoms with van der Waals surface area (Å²) in [6.07, 6.45) is 0. The molecule has 0 aliphatic rings. The molecule has 0 heterocycles. The highest BCUT2D eigenvalue weighted by Crippen LogP contribution is 2.26. The molecule has 0 bridgehead atoms. The molecule has 0 radical (unpaired) electrons. The molecule has 0 spiro atoms. The van der Waals surface area contributed by atoms with Crippen LogP contribution in [0.15, 0.2) is 45.8 Å². The highest BCUT2D eigenvalue weighted by molar-refractivity contribution is 9.10. The lowest BCUT2D eigenvalue weighted by Crippen LogP contribution is -2.12. The fraction of sp³-hybridized carbons (Fsp3) is 0. The summed E-state index contributed by atoms with van der Waals surface area (Å²) in [6.45, 7) is 0. The highest BCUT2D eigenvalue weighted by atomic mass is 79.9. The first-order valence-corrected chi connectivity index (χ1v) is 6.84. The summed E-state index contributed by atoms with van der Waals surface area (Å²) in [5.41, 5.74) is 0.920. The first-order chi connectivity index (χ1) is 8.97. The standard InChI is InChI=1S/C13H8BrClFNOS/c14-9-6-8(2-3-10(9)15)17-13(18)7-1-4-11(16)12(19)5-7/h1-6,19H,(H,17,18). The maximum absolute atomic E-state index is 13.1. The number of benzene rings is 2. The number of nitrogens with one attached hydrogen (secondary N) is 1. The third-order valence-corrected chi connectivity index (χ3v) is 3.94. The Labute approximate surface area is 128 Å². The molecule has 0 aliphatic heterocycles. The molecule has 0 aromatic heterocycles. The van der Waals surface area contributed by atoms with Gasteiger partial charge in [-0.3, -0.25) is 4.79 Å². The van der Waals surface area contributed by atoms with E-state index in [0.717, 1.165) is 0 Å². The number of carbonyl (C=O) groups is 1. The number of halogens is 3. The molecule has 1 amide bonds. The molecule has 98 valence electrons. The molecule has 6 heteroatoms. The van der Waals surface area contributed by atoms with Crippen LogP contribution in [0.3, 0.4) is 0 Å². The van der Waals surface area contributed by atoms with Crippen molar-refractivity contribution < 1.29 is 9.18 Å². The lowest BCUT2D eigenvalue weighted by molar-refractivity contribution is 0.102. The number of hydrogen-bond donors (Lipinski definition) is 2. The lowest BCUT2D eigenvalue weighted by atomic mass is 10.2. The second-order valence-corrected chi connectivity index (χ2v) is 5.49. The van der Waals surface area contributed by atoms with Crippen LogP contribution in [0.5, 0.6) is 0 Å². The summed E-state index contributed by atoms with van der Waals surface area (Å²) in [6, 6.07) is 9.00. The minimum absolute atomic E-state index is 0.130. The maximum Gasteiger partial charge on any atom is 0.255 e. The molecule has 0 atom stereocenters. The summed E-state index contributed by atoms with van der Waals surface area (Å²) in [4.78, 5) is 12.1. The van der Waals surface area contributed by atoms with Gasteiger partial charge in [0.2, 0.25) is 0 Å². The van der Waals surface area contributed by atoms with E-state index in [1.54, 1.807) is 18.2 Å². The maximum atomic E-state index is 13.1. The largest absolute Gasteiger partial charge is 0.322 e. The van der Waals surface area contributed by atoms with E-state index in [-0.39, 0.29) is 10.8 Å². The van der Waals surface area contributed by atoms with Crippen molar-refractivity contribution in [3.63, 3.8) is 0 Å². The molecule has 2 nitrogen and oxygen atoms in total. The SMILES string of the molecule is O=C(Nc1ccc(Cl)c(Br)c1)c1ccc(F)c(S)c1. The van der Waals surface area contributed by atoms with Crippen molar-refractivity contribution in [3.8, 4) is 0 Å². The quantitative estimate of drug-likeness (QED) is 0.741. The molecule has 0 aliphatic carbocycles. The molecule has 0 fully saturated rings. The van der Waals surface area contributed by atoms with Gasteiger partial charge in [0.05, 0.1) is 5.02 Å². The number of amides is 1. The van der Waals surface area contributed by atoms with Gasteiger partial charge in [0.25, 0.3) is 5.91 Å². The zero-order valence-corrected chi connectivity index (χ0v) is 12.7. The van der Waals surface area contributed by atoms with E-state index in [1.165, 1.54) is 18.2 Å². The molecule has 1 N–H and O–H groups in total. The first-order valence-electron chi connectivity index (χ1n) is 5.22. The highest BCUT2D eigenvalue weighted by Gasteiger charge is 2.09. The second-order valence-electron chi connectivity index (χ2n) is 3.75. The van der Waals surface area contributed by atoms with E-state index >= 15 is 0 Å². The van der Waals surface area contributed by atoms with Crippen LogP contribution in [0.25, 0.3) is 0 Å². The Kier molecular flexibility index (Phi) is 4.50. The Bertz CT molecular complexity index is 651. The van der Waals surface area contributed by atoms with E-state index < -0.39 is 5.82 Å². The van der Waals surface area contributed by atoms with Crippen molar-refractivity contribution in [1.82, 2.24) is 0 Å². The van der Waals surface area contributed by atoms with Crippen molar-refractivity contribution in [3.05, 3.63) is 57.3 Å². The van der Waals surface area contributed by atoms with E-state index in [2.05, 4.69) is 33.9 Å².